The summed E-state index contributed by atoms with van der Waals surface area (Å²) >= 11 is 1.43. The van der Waals surface area contributed by atoms with E-state index >= 15 is 0 Å². The second-order valence-corrected chi connectivity index (χ2v) is 7.09. The van der Waals surface area contributed by atoms with Gasteiger partial charge in [-0.1, -0.05) is 6.07 Å². The van der Waals surface area contributed by atoms with Crippen LogP contribution in [0, 0.1) is 0 Å². The van der Waals surface area contributed by atoms with Crippen LogP contribution in [0.5, 0.6) is 11.5 Å². The highest BCUT2D eigenvalue weighted by molar-refractivity contribution is 7.12. The van der Waals surface area contributed by atoms with Crippen LogP contribution < -0.4 is 14.8 Å². The van der Waals surface area contributed by atoms with E-state index in [2.05, 4.69) is 5.32 Å². The first kappa shape index (κ1) is 19.7. The Kier molecular flexibility index (Phi) is 6.52. The Hall–Kier alpha value is -3.03. The molecule has 0 saturated heterocycles. The molecule has 0 saturated carbocycles. The van der Waals surface area contributed by atoms with Crippen molar-refractivity contribution in [1.29, 1.82) is 0 Å². The Balaban J connectivity index is 1.55. The minimum absolute atomic E-state index is 0.212. The van der Waals surface area contributed by atoms with Crippen LogP contribution in [0.15, 0.2) is 59.2 Å². The average Bonchev–Trinajstić information content (AvgIpc) is 3.42. The van der Waals surface area contributed by atoms with Crippen LogP contribution in [-0.4, -0.2) is 25.2 Å². The summed E-state index contributed by atoms with van der Waals surface area (Å²) in [5, 5.41) is 13.1. The molecule has 1 atom stereocenters. The summed E-state index contributed by atoms with van der Waals surface area (Å²) in [5.41, 5.74) is 0.827. The fourth-order valence-electron chi connectivity index (χ4n) is 2.59. The van der Waals surface area contributed by atoms with Gasteiger partial charge >= 0.3 is 0 Å². The number of thiophene rings is 1. The van der Waals surface area contributed by atoms with Crippen LogP contribution in [0.4, 0.5) is 0 Å². The van der Waals surface area contributed by atoms with Crippen molar-refractivity contribution in [3.8, 4) is 11.5 Å². The van der Waals surface area contributed by atoms with E-state index in [1.165, 1.54) is 23.7 Å². The zero-order valence-electron chi connectivity index (χ0n) is 15.5. The van der Waals surface area contributed by atoms with Gasteiger partial charge in [-0.2, -0.15) is 0 Å². The number of carbonyl (C=O) groups excluding carboxylic acids is 1. The summed E-state index contributed by atoms with van der Waals surface area (Å²) in [7, 11) is 3.14. The van der Waals surface area contributed by atoms with E-state index in [1.54, 1.807) is 44.6 Å². The van der Waals surface area contributed by atoms with Gasteiger partial charge in [0.05, 0.1) is 27.0 Å². The maximum Gasteiger partial charge on any atom is 0.244 e. The number of hydrogen-bond acceptors (Lipinski definition) is 6. The zero-order valence-corrected chi connectivity index (χ0v) is 16.4. The Morgan fingerprint density at radius 2 is 2.04 bits per heavy atom. The van der Waals surface area contributed by atoms with Gasteiger partial charge in [-0.15, -0.1) is 11.3 Å². The molecule has 0 aliphatic carbocycles. The van der Waals surface area contributed by atoms with E-state index in [0.717, 1.165) is 15.3 Å². The Labute approximate surface area is 167 Å². The number of hydrogen-bond donors (Lipinski definition) is 2. The number of ether oxygens (including phenoxy) is 2. The van der Waals surface area contributed by atoms with Crippen LogP contribution in [0.1, 0.15) is 27.2 Å². The smallest absolute Gasteiger partial charge is 0.244 e. The number of rotatable bonds is 8. The number of aliphatic hydroxyl groups excluding tert-OH is 1. The molecule has 3 aromatic rings. The topological polar surface area (TPSA) is 80.9 Å². The molecule has 0 bridgehead atoms. The number of nitrogens with one attached hydrogen (secondary N) is 1. The molecule has 146 valence electrons. The maximum atomic E-state index is 12.1. The van der Waals surface area contributed by atoms with Crippen LogP contribution >= 0.6 is 11.3 Å². The number of amides is 1. The summed E-state index contributed by atoms with van der Waals surface area (Å²) in [4.78, 5) is 13.8. The third kappa shape index (κ3) is 4.82. The quantitative estimate of drug-likeness (QED) is 0.564. The Morgan fingerprint density at radius 3 is 2.75 bits per heavy atom. The number of methoxy groups -OCH3 is 2. The van der Waals surface area contributed by atoms with Crippen molar-refractivity contribution in [1.82, 2.24) is 5.32 Å². The van der Waals surface area contributed by atoms with Crippen LogP contribution in [0.25, 0.3) is 6.08 Å². The third-order valence-corrected chi connectivity index (χ3v) is 5.17. The number of benzene rings is 1. The Morgan fingerprint density at radius 1 is 1.21 bits per heavy atom. The molecule has 0 fully saturated rings. The highest BCUT2D eigenvalue weighted by atomic mass is 32.1. The molecule has 2 aromatic heterocycles. The molecule has 2 heterocycles. The largest absolute Gasteiger partial charge is 0.493 e. The van der Waals surface area contributed by atoms with Gasteiger partial charge in [0.25, 0.3) is 0 Å². The normalized spacial score (nSPS) is 12.1. The van der Waals surface area contributed by atoms with Crippen molar-refractivity contribution in [2.75, 3.05) is 14.2 Å². The average molecular weight is 399 g/mol. The summed E-state index contributed by atoms with van der Waals surface area (Å²) in [6.45, 7) is 0.380. The summed E-state index contributed by atoms with van der Waals surface area (Å²) in [6.07, 6.45) is 3.90. The predicted molar refractivity (Wildman–Crippen MR) is 108 cm³/mol. The number of furan rings is 1. The van der Waals surface area contributed by atoms with Gasteiger partial charge in [0.15, 0.2) is 11.5 Å². The molecular formula is C21H21NO5S. The molecule has 0 aliphatic heterocycles. The summed E-state index contributed by atoms with van der Waals surface area (Å²) < 4.78 is 15.7. The van der Waals surface area contributed by atoms with Crippen LogP contribution in [0.3, 0.4) is 0 Å². The standard InChI is InChI=1S/C21H21NO5S/c1-25-16-8-5-14(12-18(16)26-2)6-10-20(23)22-13-15-7-9-19(28-15)21(24)17-4-3-11-27-17/h3-12,21,24H,13H2,1-2H3,(H,22,23)/b10-6+. The minimum Gasteiger partial charge on any atom is -0.493 e. The summed E-state index contributed by atoms with van der Waals surface area (Å²) in [5.74, 6) is 1.52. The van der Waals surface area contributed by atoms with E-state index in [-0.39, 0.29) is 5.91 Å². The molecule has 0 radical (unpaired) electrons. The van der Waals surface area contributed by atoms with Crippen molar-refractivity contribution in [2.45, 2.75) is 12.6 Å². The molecule has 28 heavy (non-hydrogen) atoms. The fourth-order valence-corrected chi connectivity index (χ4v) is 3.53. The van der Waals surface area contributed by atoms with Gasteiger partial charge in [0, 0.05) is 15.8 Å². The lowest BCUT2D eigenvalue weighted by atomic mass is 10.2. The first-order valence-electron chi connectivity index (χ1n) is 8.58. The van der Waals surface area contributed by atoms with Gasteiger partial charge in [0.1, 0.15) is 11.9 Å². The molecule has 0 spiro atoms. The van der Waals surface area contributed by atoms with E-state index in [0.29, 0.717) is 23.8 Å². The lowest BCUT2D eigenvalue weighted by Crippen LogP contribution is -2.19. The van der Waals surface area contributed by atoms with Crippen LogP contribution in [-0.2, 0) is 11.3 Å². The predicted octanol–water partition coefficient (Wildman–Crippen LogP) is 3.77. The van der Waals surface area contributed by atoms with Gasteiger partial charge < -0.3 is 24.3 Å². The highest BCUT2D eigenvalue weighted by Crippen LogP contribution is 2.29. The molecule has 3 rings (SSSR count). The molecule has 6 nitrogen and oxygen atoms in total. The van der Waals surface area contributed by atoms with Gasteiger partial charge in [-0.3, -0.25) is 4.79 Å². The van der Waals surface area contributed by atoms with Crippen molar-refractivity contribution in [3.63, 3.8) is 0 Å². The van der Waals surface area contributed by atoms with E-state index < -0.39 is 6.10 Å². The van der Waals surface area contributed by atoms with Gasteiger partial charge in [0.2, 0.25) is 5.91 Å². The Bertz CT molecular complexity index is 946. The molecule has 1 unspecified atom stereocenters. The van der Waals surface area contributed by atoms with Crippen molar-refractivity contribution in [3.05, 3.63) is 75.9 Å². The second-order valence-electron chi connectivity index (χ2n) is 5.89. The minimum atomic E-state index is -0.797. The van der Waals surface area contributed by atoms with E-state index in [4.69, 9.17) is 13.9 Å². The monoisotopic (exact) mass is 399 g/mol. The third-order valence-electron chi connectivity index (χ3n) is 4.04. The molecular weight excluding hydrogens is 378 g/mol. The molecule has 2 N–H and O–H groups in total. The van der Waals surface area contributed by atoms with E-state index in [1.807, 2.05) is 18.2 Å². The van der Waals surface area contributed by atoms with Crippen molar-refractivity contribution < 1.29 is 23.8 Å². The zero-order chi connectivity index (χ0) is 19.9. The lowest BCUT2D eigenvalue weighted by Gasteiger charge is -2.07. The molecule has 7 heteroatoms. The fraction of sp³-hybridized carbons (Fsp3) is 0.190. The van der Waals surface area contributed by atoms with Crippen LogP contribution in [0.2, 0.25) is 0 Å². The summed E-state index contributed by atoms with van der Waals surface area (Å²) in [6, 6.07) is 12.6. The first-order valence-corrected chi connectivity index (χ1v) is 9.40. The second kappa shape index (κ2) is 9.25. The van der Waals surface area contributed by atoms with Gasteiger partial charge in [-0.25, -0.2) is 0 Å². The maximum absolute atomic E-state index is 12.1. The van der Waals surface area contributed by atoms with E-state index in [9.17, 15) is 9.90 Å². The first-order chi connectivity index (χ1) is 13.6. The molecule has 1 amide bonds. The number of carbonyl (C=O) groups is 1. The SMILES string of the molecule is COc1ccc(/C=C/C(=O)NCc2ccc(C(O)c3ccco3)s2)cc1OC. The van der Waals surface area contributed by atoms with Crippen molar-refractivity contribution in [2.24, 2.45) is 0 Å². The number of aliphatic hydroxyl groups is 1. The molecule has 0 aliphatic rings. The molecule has 1 aromatic carbocycles. The van der Waals surface area contributed by atoms with Crippen molar-refractivity contribution >= 4 is 23.3 Å². The lowest BCUT2D eigenvalue weighted by molar-refractivity contribution is -0.116. The van der Waals surface area contributed by atoms with Gasteiger partial charge in [-0.05, 0) is 48.0 Å². The highest BCUT2D eigenvalue weighted by Gasteiger charge is 2.15.